The average Bonchev–Trinajstić information content (AvgIpc) is 2.68. The van der Waals surface area contributed by atoms with Crippen LogP contribution in [0.1, 0.15) is 113 Å². The zero-order valence-electron chi connectivity index (χ0n) is 21.5. The summed E-state index contributed by atoms with van der Waals surface area (Å²) < 4.78 is 0. The number of thioether (sulfide) groups is 1. The largest absolute Gasteiger partial charge is 0.288 e. The molecule has 0 aliphatic rings. The van der Waals surface area contributed by atoms with E-state index in [-0.39, 0.29) is 5.12 Å². The first kappa shape index (κ1) is 29.7. The Morgan fingerprint density at radius 1 is 0.548 bits per heavy atom. The molecule has 0 bridgehead atoms. The van der Waals surface area contributed by atoms with Gasteiger partial charge in [-0.3, -0.25) is 4.79 Å². The van der Waals surface area contributed by atoms with Crippen molar-refractivity contribution in [2.24, 2.45) is 0 Å². The van der Waals surface area contributed by atoms with E-state index in [1.54, 1.807) is 6.92 Å². The van der Waals surface area contributed by atoms with E-state index in [0.717, 1.165) is 50.7 Å². The van der Waals surface area contributed by atoms with Crippen LogP contribution in [0.25, 0.3) is 0 Å². The third kappa shape index (κ3) is 21.7. The SMILES string of the molecule is CC(=O)SCCC/C(C)=C/CC/C(C)=C/CC/C=C(\C)CC/C=C(\C)CCC=C(C)C. The minimum Gasteiger partial charge on any atom is -0.288 e. The first-order valence-corrected chi connectivity index (χ1v) is 13.1. The maximum Gasteiger partial charge on any atom is 0.185 e. The summed E-state index contributed by atoms with van der Waals surface area (Å²) >= 11 is 1.44. The van der Waals surface area contributed by atoms with E-state index in [1.165, 1.54) is 58.9 Å². The lowest BCUT2D eigenvalue weighted by atomic mass is 10.0. The summed E-state index contributed by atoms with van der Waals surface area (Å²) in [7, 11) is 0. The Morgan fingerprint density at radius 3 is 1.35 bits per heavy atom. The van der Waals surface area contributed by atoms with E-state index in [2.05, 4.69) is 71.9 Å². The van der Waals surface area contributed by atoms with Gasteiger partial charge < -0.3 is 0 Å². The van der Waals surface area contributed by atoms with Crippen molar-refractivity contribution in [2.45, 2.75) is 113 Å². The van der Waals surface area contributed by atoms with Gasteiger partial charge in [-0.05, 0) is 106 Å². The van der Waals surface area contributed by atoms with Crippen molar-refractivity contribution in [2.75, 3.05) is 5.75 Å². The number of hydrogen-bond donors (Lipinski definition) is 0. The molecule has 1 nitrogen and oxygen atoms in total. The fourth-order valence-electron chi connectivity index (χ4n) is 3.32. The van der Waals surface area contributed by atoms with Crippen molar-refractivity contribution >= 4 is 16.9 Å². The zero-order valence-corrected chi connectivity index (χ0v) is 22.3. The van der Waals surface area contributed by atoms with E-state index in [0.29, 0.717) is 0 Å². The Hall–Kier alpha value is -1.28. The van der Waals surface area contributed by atoms with Crippen LogP contribution in [-0.4, -0.2) is 10.9 Å². The third-order valence-electron chi connectivity index (χ3n) is 5.33. The molecule has 0 radical (unpaired) electrons. The summed E-state index contributed by atoms with van der Waals surface area (Å²) in [6.07, 6.45) is 23.4. The minimum absolute atomic E-state index is 0.227. The van der Waals surface area contributed by atoms with E-state index < -0.39 is 0 Å². The molecule has 0 N–H and O–H groups in total. The molecule has 0 aliphatic carbocycles. The fraction of sp³-hybridized carbons (Fsp3) is 0.621. The highest BCUT2D eigenvalue weighted by atomic mass is 32.2. The van der Waals surface area contributed by atoms with Crippen molar-refractivity contribution in [3.8, 4) is 0 Å². The van der Waals surface area contributed by atoms with Crippen molar-refractivity contribution in [3.63, 3.8) is 0 Å². The lowest BCUT2D eigenvalue weighted by Gasteiger charge is -2.03. The van der Waals surface area contributed by atoms with Crippen LogP contribution >= 0.6 is 11.8 Å². The van der Waals surface area contributed by atoms with Crippen LogP contribution in [0, 0.1) is 0 Å². The molecule has 0 aromatic carbocycles. The summed E-state index contributed by atoms with van der Waals surface area (Å²) in [6.45, 7) is 15.0. The lowest BCUT2D eigenvalue weighted by Crippen LogP contribution is -1.87. The Kier molecular flexibility index (Phi) is 18.6. The zero-order chi connectivity index (χ0) is 23.5. The second-order valence-corrected chi connectivity index (χ2v) is 10.4. The molecule has 0 unspecified atom stereocenters. The average molecular weight is 445 g/mol. The molecular weight excluding hydrogens is 396 g/mol. The second kappa shape index (κ2) is 19.4. The van der Waals surface area contributed by atoms with Gasteiger partial charge in [-0.2, -0.15) is 0 Å². The maximum atomic E-state index is 10.9. The van der Waals surface area contributed by atoms with Crippen molar-refractivity contribution in [1.29, 1.82) is 0 Å². The molecule has 0 aromatic rings. The van der Waals surface area contributed by atoms with E-state index in [9.17, 15) is 4.79 Å². The molecule has 0 saturated carbocycles. The van der Waals surface area contributed by atoms with E-state index >= 15 is 0 Å². The quantitative estimate of drug-likeness (QED) is 0.174. The monoisotopic (exact) mass is 444 g/mol. The highest BCUT2D eigenvalue weighted by molar-refractivity contribution is 8.13. The highest BCUT2D eigenvalue weighted by Crippen LogP contribution is 2.15. The summed E-state index contributed by atoms with van der Waals surface area (Å²) in [5.41, 5.74) is 7.40. The van der Waals surface area contributed by atoms with Gasteiger partial charge in [-0.15, -0.1) is 0 Å². The molecule has 0 aromatic heterocycles. The minimum atomic E-state index is 0.227. The summed E-state index contributed by atoms with van der Waals surface area (Å²) in [6, 6.07) is 0. The number of unbranched alkanes of at least 4 members (excludes halogenated alkanes) is 1. The molecule has 2 heteroatoms. The Bertz CT molecular complexity index is 654. The van der Waals surface area contributed by atoms with Crippen LogP contribution in [0.5, 0.6) is 0 Å². The number of allylic oxidation sites excluding steroid dienone is 10. The smallest absolute Gasteiger partial charge is 0.185 e. The molecule has 0 aliphatic heterocycles. The first-order valence-electron chi connectivity index (χ1n) is 12.1. The fourth-order valence-corrected chi connectivity index (χ4v) is 3.89. The van der Waals surface area contributed by atoms with Gasteiger partial charge >= 0.3 is 0 Å². The second-order valence-electron chi connectivity index (χ2n) is 9.12. The molecule has 176 valence electrons. The number of carbonyl (C=O) groups is 1. The summed E-state index contributed by atoms with van der Waals surface area (Å²) in [5, 5.41) is 0.227. The summed E-state index contributed by atoms with van der Waals surface area (Å²) in [5.74, 6) is 0.943. The lowest BCUT2D eigenvalue weighted by molar-refractivity contribution is -0.109. The van der Waals surface area contributed by atoms with Crippen LogP contribution in [0.2, 0.25) is 0 Å². The van der Waals surface area contributed by atoms with Gasteiger partial charge in [0.05, 0.1) is 0 Å². The Labute approximate surface area is 198 Å². The number of carbonyl (C=O) groups excluding carboxylic acids is 1. The molecule has 0 atom stereocenters. The topological polar surface area (TPSA) is 17.1 Å². The molecule has 0 heterocycles. The first-order chi connectivity index (χ1) is 14.7. The van der Waals surface area contributed by atoms with Gasteiger partial charge in [0.2, 0.25) is 0 Å². The van der Waals surface area contributed by atoms with Crippen LogP contribution in [-0.2, 0) is 4.79 Å². The standard InChI is InChI=1S/C29H48OS/c1-24(2)14-10-17-27(5)20-11-18-25(3)15-8-9-16-26(4)19-12-21-28(6)22-13-23-31-29(7)30/h14-16,20-21H,8-13,17-19,22-23H2,1-7H3/b25-15+,26-16+,27-20+,28-21+. The molecule has 0 rings (SSSR count). The number of hydrogen-bond acceptors (Lipinski definition) is 2. The maximum absolute atomic E-state index is 10.9. The van der Waals surface area contributed by atoms with Gasteiger partial charge in [-0.25, -0.2) is 0 Å². The van der Waals surface area contributed by atoms with Crippen molar-refractivity contribution in [1.82, 2.24) is 0 Å². The van der Waals surface area contributed by atoms with Crippen LogP contribution in [0.15, 0.2) is 58.2 Å². The molecular formula is C29H48OS. The van der Waals surface area contributed by atoms with E-state index in [1.807, 2.05) is 0 Å². The van der Waals surface area contributed by atoms with Crippen LogP contribution in [0.3, 0.4) is 0 Å². The highest BCUT2D eigenvalue weighted by Gasteiger charge is 1.96. The molecule has 0 amide bonds. The predicted octanol–water partition coefficient (Wildman–Crippen LogP) is 9.92. The van der Waals surface area contributed by atoms with Gasteiger partial charge in [0, 0.05) is 12.7 Å². The predicted molar refractivity (Wildman–Crippen MR) is 144 cm³/mol. The van der Waals surface area contributed by atoms with Gasteiger partial charge in [-0.1, -0.05) is 70.0 Å². The van der Waals surface area contributed by atoms with Crippen LogP contribution < -0.4 is 0 Å². The van der Waals surface area contributed by atoms with Crippen LogP contribution in [0.4, 0.5) is 0 Å². The normalized spacial score (nSPS) is 13.5. The Balaban J connectivity index is 4.00. The van der Waals surface area contributed by atoms with Crippen molar-refractivity contribution in [3.05, 3.63) is 58.2 Å². The molecule has 0 saturated heterocycles. The molecule has 0 spiro atoms. The number of rotatable bonds is 16. The van der Waals surface area contributed by atoms with Gasteiger partial charge in [0.1, 0.15) is 0 Å². The van der Waals surface area contributed by atoms with Crippen molar-refractivity contribution < 1.29 is 4.79 Å². The van der Waals surface area contributed by atoms with E-state index in [4.69, 9.17) is 0 Å². The molecule has 0 fully saturated rings. The van der Waals surface area contributed by atoms with Gasteiger partial charge in [0.25, 0.3) is 0 Å². The third-order valence-corrected chi connectivity index (χ3v) is 6.23. The van der Waals surface area contributed by atoms with Gasteiger partial charge in [0.15, 0.2) is 5.12 Å². The Morgan fingerprint density at radius 2 is 0.935 bits per heavy atom. The molecule has 31 heavy (non-hydrogen) atoms. The summed E-state index contributed by atoms with van der Waals surface area (Å²) in [4.78, 5) is 10.9.